The third kappa shape index (κ3) is 5.23. The molecule has 1 aromatic heterocycles. The van der Waals surface area contributed by atoms with Gasteiger partial charge in [0.2, 0.25) is 0 Å². The summed E-state index contributed by atoms with van der Waals surface area (Å²) in [5.41, 5.74) is 4.79. The van der Waals surface area contributed by atoms with Gasteiger partial charge in [-0.2, -0.15) is 0 Å². The van der Waals surface area contributed by atoms with Crippen molar-refractivity contribution in [2.75, 3.05) is 13.2 Å². The van der Waals surface area contributed by atoms with Crippen LogP contribution in [0.1, 0.15) is 38.9 Å². The lowest BCUT2D eigenvalue weighted by Gasteiger charge is -2.31. The molecule has 0 aliphatic carbocycles. The Kier molecular flexibility index (Phi) is 6.94. The average molecular weight is 479 g/mol. The number of aromatic nitrogens is 2. The van der Waals surface area contributed by atoms with Gasteiger partial charge < -0.3 is 19.9 Å². The van der Waals surface area contributed by atoms with Crippen LogP contribution >= 0.6 is 0 Å². The summed E-state index contributed by atoms with van der Waals surface area (Å²) < 4.78 is 18.4. The highest BCUT2D eigenvalue weighted by Crippen LogP contribution is 2.36. The lowest BCUT2D eigenvalue weighted by atomic mass is 9.96. The summed E-state index contributed by atoms with van der Waals surface area (Å²) in [6.45, 7) is 0.912. The number of carbonyl (C=O) groups is 2. The molecule has 1 fully saturated rings. The summed E-state index contributed by atoms with van der Waals surface area (Å²) in [7, 11) is 0. The standard InChI is InChI=1S/C25H25N3O7/c1-16-13-28(24(32)27-21(16)29)20-12-19(26)25(35-20,14-33-22(30)17-8-4-2-5-9-17)15-34-23(31)18-10-6-3-7-11-18/h2-11,13,19-20H,12,14-15,26H2,1H3,(H,27,29,32)/t19-,20+/m0/s1. The molecule has 0 spiro atoms. The first-order chi connectivity index (χ1) is 16.8. The minimum absolute atomic E-state index is 0.150. The lowest BCUT2D eigenvalue weighted by molar-refractivity contribution is -0.131. The predicted octanol–water partition coefficient (Wildman–Crippen LogP) is 1.54. The van der Waals surface area contributed by atoms with Crippen LogP contribution in [0, 0.1) is 6.92 Å². The van der Waals surface area contributed by atoms with Crippen LogP contribution in [0.5, 0.6) is 0 Å². The van der Waals surface area contributed by atoms with Crippen molar-refractivity contribution in [3.63, 3.8) is 0 Å². The van der Waals surface area contributed by atoms with Crippen molar-refractivity contribution in [1.82, 2.24) is 9.55 Å². The van der Waals surface area contributed by atoms with Gasteiger partial charge in [-0.05, 0) is 31.2 Å². The van der Waals surface area contributed by atoms with E-state index >= 15 is 0 Å². The van der Waals surface area contributed by atoms with Crippen LogP contribution in [0.25, 0.3) is 0 Å². The Morgan fingerprint density at radius 2 is 1.51 bits per heavy atom. The fourth-order valence-corrected chi connectivity index (χ4v) is 3.82. The van der Waals surface area contributed by atoms with E-state index in [0.717, 1.165) is 0 Å². The van der Waals surface area contributed by atoms with Gasteiger partial charge in [-0.25, -0.2) is 14.4 Å². The number of nitrogens with one attached hydrogen (secondary N) is 1. The summed E-state index contributed by atoms with van der Waals surface area (Å²) in [5, 5.41) is 0. The summed E-state index contributed by atoms with van der Waals surface area (Å²) in [4.78, 5) is 51.6. The number of benzene rings is 2. The van der Waals surface area contributed by atoms with E-state index in [1.165, 1.54) is 10.8 Å². The first-order valence-corrected chi connectivity index (χ1v) is 11.0. The Hall–Kier alpha value is -4.02. The molecule has 1 saturated heterocycles. The van der Waals surface area contributed by atoms with E-state index < -0.39 is 41.1 Å². The highest BCUT2D eigenvalue weighted by atomic mass is 16.6. The maximum Gasteiger partial charge on any atom is 0.338 e. The molecule has 0 unspecified atom stereocenters. The molecule has 3 aromatic rings. The van der Waals surface area contributed by atoms with Crippen LogP contribution in [0.3, 0.4) is 0 Å². The molecule has 2 aromatic carbocycles. The highest BCUT2D eigenvalue weighted by molar-refractivity contribution is 5.90. The normalized spacial score (nSPS) is 18.7. The summed E-state index contributed by atoms with van der Waals surface area (Å²) >= 11 is 0. The first kappa shape index (κ1) is 24.1. The van der Waals surface area contributed by atoms with Gasteiger partial charge in [-0.15, -0.1) is 0 Å². The molecule has 0 amide bonds. The molecule has 10 nitrogen and oxygen atoms in total. The van der Waals surface area contributed by atoms with Crippen molar-refractivity contribution in [3.8, 4) is 0 Å². The molecule has 35 heavy (non-hydrogen) atoms. The molecule has 2 heterocycles. The SMILES string of the molecule is Cc1cn([C@H]2C[C@H](N)C(COC(=O)c3ccccc3)(COC(=O)c3ccccc3)O2)c(=O)[nH]c1=O. The number of ether oxygens (including phenoxy) is 3. The second kappa shape index (κ2) is 10.1. The van der Waals surface area contributed by atoms with Crippen molar-refractivity contribution in [2.24, 2.45) is 5.73 Å². The molecule has 1 aliphatic heterocycles. The fraction of sp³-hybridized carbons (Fsp3) is 0.280. The molecule has 182 valence electrons. The Balaban J connectivity index is 1.58. The number of nitrogens with two attached hydrogens (primary N) is 1. The predicted molar refractivity (Wildman–Crippen MR) is 125 cm³/mol. The third-order valence-corrected chi connectivity index (χ3v) is 5.87. The topological polar surface area (TPSA) is 143 Å². The molecule has 0 bridgehead atoms. The number of esters is 2. The molecule has 3 N–H and O–H groups in total. The Labute approximate surface area is 200 Å². The summed E-state index contributed by atoms with van der Waals surface area (Å²) in [6, 6.07) is 16.0. The van der Waals surface area contributed by atoms with Crippen molar-refractivity contribution in [1.29, 1.82) is 0 Å². The van der Waals surface area contributed by atoms with E-state index in [1.54, 1.807) is 67.6 Å². The van der Waals surface area contributed by atoms with E-state index in [9.17, 15) is 19.2 Å². The number of H-pyrrole nitrogens is 1. The molecular weight excluding hydrogens is 454 g/mol. The molecule has 10 heteroatoms. The second-order valence-corrected chi connectivity index (χ2v) is 8.34. The third-order valence-electron chi connectivity index (χ3n) is 5.87. The zero-order valence-corrected chi connectivity index (χ0v) is 19.0. The highest BCUT2D eigenvalue weighted by Gasteiger charge is 2.50. The van der Waals surface area contributed by atoms with Gasteiger partial charge in [-0.1, -0.05) is 36.4 Å². The van der Waals surface area contributed by atoms with Crippen molar-refractivity contribution in [3.05, 3.63) is 104 Å². The smallest absolute Gasteiger partial charge is 0.338 e. The van der Waals surface area contributed by atoms with Crippen molar-refractivity contribution >= 4 is 11.9 Å². The van der Waals surface area contributed by atoms with E-state index in [4.69, 9.17) is 19.9 Å². The molecular formula is C25H25N3O7. The van der Waals surface area contributed by atoms with E-state index in [1.807, 2.05) is 0 Å². The average Bonchev–Trinajstić information content (AvgIpc) is 3.20. The molecule has 0 radical (unpaired) electrons. The quantitative estimate of drug-likeness (QED) is 0.486. The Morgan fingerprint density at radius 1 is 1.00 bits per heavy atom. The van der Waals surface area contributed by atoms with Gasteiger partial charge in [0.15, 0.2) is 5.60 Å². The van der Waals surface area contributed by atoms with Crippen molar-refractivity contribution in [2.45, 2.75) is 31.2 Å². The van der Waals surface area contributed by atoms with Crippen LogP contribution < -0.4 is 17.0 Å². The monoisotopic (exact) mass is 479 g/mol. The maximum absolute atomic E-state index is 12.6. The minimum Gasteiger partial charge on any atom is -0.459 e. The van der Waals surface area contributed by atoms with Gasteiger partial charge in [-0.3, -0.25) is 14.3 Å². The number of nitrogens with zero attached hydrogens (tertiary/aromatic N) is 1. The number of carbonyl (C=O) groups excluding carboxylic acids is 2. The van der Waals surface area contributed by atoms with Crippen LogP contribution in [0.4, 0.5) is 0 Å². The number of hydrogen-bond acceptors (Lipinski definition) is 8. The molecule has 4 rings (SSSR count). The van der Waals surface area contributed by atoms with Crippen LogP contribution in [-0.4, -0.2) is 46.3 Å². The number of rotatable bonds is 7. The maximum atomic E-state index is 12.6. The summed E-state index contributed by atoms with van der Waals surface area (Å²) in [6.07, 6.45) is 0.650. The second-order valence-electron chi connectivity index (χ2n) is 8.34. The zero-order valence-electron chi connectivity index (χ0n) is 19.0. The van der Waals surface area contributed by atoms with Crippen LogP contribution in [-0.2, 0) is 14.2 Å². The molecule has 2 atom stereocenters. The van der Waals surface area contributed by atoms with E-state index in [0.29, 0.717) is 16.7 Å². The van der Waals surface area contributed by atoms with Crippen molar-refractivity contribution < 1.29 is 23.8 Å². The number of aromatic amines is 1. The largest absolute Gasteiger partial charge is 0.459 e. The van der Waals surface area contributed by atoms with Gasteiger partial charge in [0, 0.05) is 24.2 Å². The van der Waals surface area contributed by atoms with Gasteiger partial charge in [0.1, 0.15) is 19.4 Å². The summed E-state index contributed by atoms with van der Waals surface area (Å²) in [5.74, 6) is -1.20. The Bertz CT molecular complexity index is 1260. The van der Waals surface area contributed by atoms with Gasteiger partial charge in [0.25, 0.3) is 5.56 Å². The first-order valence-electron chi connectivity index (χ1n) is 11.0. The number of hydrogen-bond donors (Lipinski definition) is 2. The Morgan fingerprint density at radius 3 is 2.03 bits per heavy atom. The van der Waals surface area contributed by atoms with E-state index in [2.05, 4.69) is 4.98 Å². The minimum atomic E-state index is -1.43. The van der Waals surface area contributed by atoms with Crippen LogP contribution in [0.15, 0.2) is 76.4 Å². The molecule has 0 saturated carbocycles. The van der Waals surface area contributed by atoms with Gasteiger partial charge in [0.05, 0.1) is 11.1 Å². The fourth-order valence-electron chi connectivity index (χ4n) is 3.82. The van der Waals surface area contributed by atoms with Gasteiger partial charge >= 0.3 is 17.6 Å². The van der Waals surface area contributed by atoms with E-state index in [-0.39, 0.29) is 19.6 Å². The number of aryl methyl sites for hydroxylation is 1. The lowest BCUT2D eigenvalue weighted by Crippen LogP contribution is -2.53. The molecule has 1 aliphatic rings. The van der Waals surface area contributed by atoms with Crippen LogP contribution in [0.2, 0.25) is 0 Å². The zero-order chi connectivity index (χ0) is 25.0.